The summed E-state index contributed by atoms with van der Waals surface area (Å²) >= 11 is 0. The fourth-order valence-electron chi connectivity index (χ4n) is 3.39. The third-order valence-corrected chi connectivity index (χ3v) is 5.00. The van der Waals surface area contributed by atoms with Crippen LogP contribution >= 0.6 is 0 Å². The van der Waals surface area contributed by atoms with Gasteiger partial charge < -0.3 is 14.3 Å². The quantitative estimate of drug-likeness (QED) is 0.883. The van der Waals surface area contributed by atoms with Crippen LogP contribution in [0.15, 0.2) is 21.1 Å². The summed E-state index contributed by atoms with van der Waals surface area (Å²) in [5.74, 6) is 3.81. The Hall–Kier alpha value is -2.15. The SMILES string of the molecule is Cc1ccc(CN2CCCC(c3nc(C(C)C)no3)CCNC(=O)CC2)o1. The van der Waals surface area contributed by atoms with Gasteiger partial charge in [0.05, 0.1) is 6.54 Å². The Kier molecular flexibility index (Phi) is 6.66. The summed E-state index contributed by atoms with van der Waals surface area (Å²) in [5.41, 5.74) is 0. The van der Waals surface area contributed by atoms with Gasteiger partial charge in [-0.2, -0.15) is 4.98 Å². The van der Waals surface area contributed by atoms with E-state index in [1.54, 1.807) is 0 Å². The number of hydrogen-bond acceptors (Lipinski definition) is 6. The van der Waals surface area contributed by atoms with Crippen molar-refractivity contribution < 1.29 is 13.7 Å². The van der Waals surface area contributed by atoms with E-state index in [0.717, 1.165) is 56.2 Å². The molecule has 0 radical (unpaired) electrons. The first-order chi connectivity index (χ1) is 13.0. The molecule has 2 aromatic rings. The molecule has 1 amide bonds. The van der Waals surface area contributed by atoms with Gasteiger partial charge in [-0.05, 0) is 44.9 Å². The molecule has 1 fully saturated rings. The van der Waals surface area contributed by atoms with Crippen LogP contribution in [0.4, 0.5) is 0 Å². The molecule has 3 heterocycles. The molecule has 2 aromatic heterocycles. The zero-order valence-corrected chi connectivity index (χ0v) is 16.5. The minimum absolute atomic E-state index is 0.0877. The lowest BCUT2D eigenvalue weighted by Crippen LogP contribution is -2.31. The van der Waals surface area contributed by atoms with Gasteiger partial charge in [-0.15, -0.1) is 0 Å². The maximum atomic E-state index is 12.1. The topological polar surface area (TPSA) is 84.4 Å². The molecule has 7 heteroatoms. The summed E-state index contributed by atoms with van der Waals surface area (Å²) in [4.78, 5) is 19.0. The highest BCUT2D eigenvalue weighted by Crippen LogP contribution is 2.25. The number of nitrogens with one attached hydrogen (secondary N) is 1. The molecule has 1 aliphatic rings. The average Bonchev–Trinajstić information content (AvgIpc) is 3.26. The normalized spacial score (nSPS) is 20.4. The molecule has 0 spiro atoms. The van der Waals surface area contributed by atoms with Gasteiger partial charge in [0.2, 0.25) is 11.8 Å². The first-order valence-corrected chi connectivity index (χ1v) is 9.89. The Bertz CT molecular complexity index is 737. The van der Waals surface area contributed by atoms with Crippen LogP contribution in [-0.4, -0.2) is 40.6 Å². The number of hydrogen-bond donors (Lipinski definition) is 1. The highest BCUT2D eigenvalue weighted by Gasteiger charge is 2.22. The predicted molar refractivity (Wildman–Crippen MR) is 101 cm³/mol. The Morgan fingerprint density at radius 3 is 2.85 bits per heavy atom. The van der Waals surface area contributed by atoms with Crippen molar-refractivity contribution in [3.8, 4) is 0 Å². The zero-order valence-electron chi connectivity index (χ0n) is 16.5. The number of furan rings is 1. The summed E-state index contributed by atoms with van der Waals surface area (Å²) in [7, 11) is 0. The van der Waals surface area contributed by atoms with Crippen LogP contribution in [0.5, 0.6) is 0 Å². The third-order valence-electron chi connectivity index (χ3n) is 5.00. The number of carbonyl (C=O) groups is 1. The molecule has 27 heavy (non-hydrogen) atoms. The van der Waals surface area contributed by atoms with Gasteiger partial charge in [-0.3, -0.25) is 9.69 Å². The van der Waals surface area contributed by atoms with Gasteiger partial charge in [0.1, 0.15) is 11.5 Å². The summed E-state index contributed by atoms with van der Waals surface area (Å²) < 4.78 is 11.2. The molecule has 1 unspecified atom stereocenters. The summed E-state index contributed by atoms with van der Waals surface area (Å²) in [5, 5.41) is 7.12. The van der Waals surface area contributed by atoms with Crippen LogP contribution in [0.3, 0.4) is 0 Å². The van der Waals surface area contributed by atoms with E-state index in [4.69, 9.17) is 8.94 Å². The molecule has 0 aliphatic carbocycles. The maximum absolute atomic E-state index is 12.1. The number of aryl methyl sites for hydroxylation is 1. The second-order valence-corrected chi connectivity index (χ2v) is 7.66. The molecule has 1 atom stereocenters. The lowest BCUT2D eigenvalue weighted by atomic mass is 9.99. The van der Waals surface area contributed by atoms with Crippen LogP contribution in [0, 0.1) is 6.92 Å². The lowest BCUT2D eigenvalue weighted by molar-refractivity contribution is -0.121. The van der Waals surface area contributed by atoms with Crippen molar-refractivity contribution in [2.24, 2.45) is 0 Å². The van der Waals surface area contributed by atoms with E-state index >= 15 is 0 Å². The van der Waals surface area contributed by atoms with E-state index in [1.165, 1.54) is 0 Å². The first-order valence-electron chi connectivity index (χ1n) is 9.89. The maximum Gasteiger partial charge on any atom is 0.229 e. The second kappa shape index (κ2) is 9.17. The zero-order chi connectivity index (χ0) is 19.2. The highest BCUT2D eigenvalue weighted by atomic mass is 16.5. The standard InChI is InChI=1S/C20H30N4O3/c1-14(2)19-22-20(27-23-19)16-5-4-11-24(12-9-18(25)21-10-8-16)13-17-7-6-15(3)26-17/h6-7,14,16H,4-5,8-13H2,1-3H3,(H,21,25). The fraction of sp³-hybridized carbons (Fsp3) is 0.650. The Balaban J connectivity index is 1.65. The van der Waals surface area contributed by atoms with Crippen molar-refractivity contribution in [2.45, 2.75) is 64.8 Å². The summed E-state index contributed by atoms with van der Waals surface area (Å²) in [6, 6.07) is 3.99. The molecule has 0 saturated carbocycles. The van der Waals surface area contributed by atoms with Gasteiger partial charge >= 0.3 is 0 Å². The van der Waals surface area contributed by atoms with Crippen LogP contribution in [-0.2, 0) is 11.3 Å². The minimum atomic E-state index is 0.0877. The van der Waals surface area contributed by atoms with Gasteiger partial charge in [0.15, 0.2) is 5.82 Å². The van der Waals surface area contributed by atoms with Crippen molar-refractivity contribution in [1.29, 1.82) is 0 Å². The van der Waals surface area contributed by atoms with Gasteiger partial charge in [-0.1, -0.05) is 19.0 Å². The number of rotatable bonds is 4. The van der Waals surface area contributed by atoms with Crippen LogP contribution in [0.1, 0.15) is 74.6 Å². The molecule has 148 valence electrons. The molecule has 0 aromatic carbocycles. The van der Waals surface area contributed by atoms with Gasteiger partial charge in [-0.25, -0.2) is 0 Å². The molecular formula is C20H30N4O3. The number of carbonyl (C=O) groups excluding carboxylic acids is 1. The number of aromatic nitrogens is 2. The molecule has 1 N–H and O–H groups in total. The number of amides is 1. The largest absolute Gasteiger partial charge is 0.465 e. The molecular weight excluding hydrogens is 344 g/mol. The average molecular weight is 374 g/mol. The summed E-state index contributed by atoms with van der Waals surface area (Å²) in [6.07, 6.45) is 3.30. The van der Waals surface area contributed by atoms with E-state index in [2.05, 4.69) is 34.2 Å². The van der Waals surface area contributed by atoms with Crippen molar-refractivity contribution in [1.82, 2.24) is 20.4 Å². The molecule has 0 bridgehead atoms. The monoisotopic (exact) mass is 374 g/mol. The second-order valence-electron chi connectivity index (χ2n) is 7.66. The summed E-state index contributed by atoms with van der Waals surface area (Å²) in [6.45, 7) is 9.07. The van der Waals surface area contributed by atoms with Crippen LogP contribution < -0.4 is 5.32 Å². The smallest absolute Gasteiger partial charge is 0.229 e. The predicted octanol–water partition coefficient (Wildman–Crippen LogP) is 3.37. The highest BCUT2D eigenvalue weighted by molar-refractivity contribution is 5.76. The van der Waals surface area contributed by atoms with Gasteiger partial charge in [0, 0.05) is 31.3 Å². The minimum Gasteiger partial charge on any atom is -0.465 e. The first kappa shape index (κ1) is 19.6. The van der Waals surface area contributed by atoms with Crippen molar-refractivity contribution in [2.75, 3.05) is 19.6 Å². The number of nitrogens with zero attached hydrogens (tertiary/aromatic N) is 3. The molecule has 1 aliphatic heterocycles. The Labute approximate surface area is 160 Å². The lowest BCUT2D eigenvalue weighted by Gasteiger charge is -2.21. The van der Waals surface area contributed by atoms with Crippen molar-refractivity contribution >= 4 is 5.91 Å². The molecule has 3 rings (SSSR count). The van der Waals surface area contributed by atoms with E-state index < -0.39 is 0 Å². The van der Waals surface area contributed by atoms with E-state index in [-0.39, 0.29) is 17.7 Å². The van der Waals surface area contributed by atoms with Gasteiger partial charge in [0.25, 0.3) is 0 Å². The van der Waals surface area contributed by atoms with Crippen LogP contribution in [0.2, 0.25) is 0 Å². The fourth-order valence-corrected chi connectivity index (χ4v) is 3.39. The van der Waals surface area contributed by atoms with Crippen molar-refractivity contribution in [3.63, 3.8) is 0 Å². The van der Waals surface area contributed by atoms with E-state index in [9.17, 15) is 4.79 Å². The van der Waals surface area contributed by atoms with Crippen molar-refractivity contribution in [3.05, 3.63) is 35.4 Å². The van der Waals surface area contributed by atoms with E-state index in [0.29, 0.717) is 18.9 Å². The Morgan fingerprint density at radius 1 is 1.30 bits per heavy atom. The molecule has 1 saturated heterocycles. The third kappa shape index (κ3) is 5.66. The Morgan fingerprint density at radius 2 is 2.15 bits per heavy atom. The van der Waals surface area contributed by atoms with E-state index in [1.807, 2.05) is 19.1 Å². The van der Waals surface area contributed by atoms with Crippen LogP contribution in [0.25, 0.3) is 0 Å². The molecule has 7 nitrogen and oxygen atoms in total.